The van der Waals surface area contributed by atoms with Gasteiger partial charge in [0.2, 0.25) is 5.78 Å². The minimum Gasteiger partial charge on any atom is -0.493 e. The summed E-state index contributed by atoms with van der Waals surface area (Å²) in [4.78, 5) is 12.4. The van der Waals surface area contributed by atoms with Crippen LogP contribution in [0, 0.1) is 23.1 Å². The highest BCUT2D eigenvalue weighted by molar-refractivity contribution is 6.14. The Morgan fingerprint density at radius 1 is 1.23 bits per heavy atom. The lowest BCUT2D eigenvalue weighted by molar-refractivity contribution is 0.103. The highest BCUT2D eigenvalue weighted by Gasteiger charge is 2.16. The zero-order chi connectivity index (χ0) is 19.1. The van der Waals surface area contributed by atoms with Crippen molar-refractivity contribution in [2.24, 2.45) is 5.92 Å². The maximum Gasteiger partial charge on any atom is 0.206 e. The van der Waals surface area contributed by atoms with Crippen LogP contribution in [0.5, 0.6) is 11.5 Å². The van der Waals surface area contributed by atoms with E-state index in [1.165, 1.54) is 31.4 Å². The summed E-state index contributed by atoms with van der Waals surface area (Å²) in [5.41, 5.74) is 0.297. The van der Waals surface area contributed by atoms with Crippen molar-refractivity contribution < 1.29 is 18.7 Å². The van der Waals surface area contributed by atoms with Crippen LogP contribution in [0.15, 0.2) is 48.0 Å². The van der Waals surface area contributed by atoms with Crippen LogP contribution in [0.2, 0.25) is 0 Å². The second-order valence-electron chi connectivity index (χ2n) is 6.09. The summed E-state index contributed by atoms with van der Waals surface area (Å²) >= 11 is 0. The summed E-state index contributed by atoms with van der Waals surface area (Å²) in [6.45, 7) is 4.55. The van der Waals surface area contributed by atoms with Gasteiger partial charge >= 0.3 is 0 Å². The third-order valence-electron chi connectivity index (χ3n) is 3.55. The summed E-state index contributed by atoms with van der Waals surface area (Å²) < 4.78 is 24.8. The van der Waals surface area contributed by atoms with Gasteiger partial charge in [-0.25, -0.2) is 4.39 Å². The molecule has 0 amide bonds. The highest BCUT2D eigenvalue weighted by atomic mass is 19.1. The molecular formula is C21H20FNO3. The molecule has 5 heteroatoms. The van der Waals surface area contributed by atoms with Gasteiger partial charge in [-0.2, -0.15) is 5.26 Å². The van der Waals surface area contributed by atoms with Crippen molar-refractivity contribution in [3.8, 4) is 17.6 Å². The fraction of sp³-hybridized carbons (Fsp3) is 0.238. The van der Waals surface area contributed by atoms with Crippen molar-refractivity contribution in [1.82, 2.24) is 0 Å². The standard InChI is InChI=1S/C21H20FNO3/c1-14(2)13-26-20-11-15(8-9-19(20)25-3)10-16(12-23)21(24)17-6-4-5-7-18(17)22/h4-11,14H,13H2,1-3H3/b16-10+. The largest absolute Gasteiger partial charge is 0.493 e. The summed E-state index contributed by atoms with van der Waals surface area (Å²) in [7, 11) is 1.54. The third kappa shape index (κ3) is 4.70. The van der Waals surface area contributed by atoms with Crippen LogP contribution in [0.4, 0.5) is 4.39 Å². The van der Waals surface area contributed by atoms with Crippen molar-refractivity contribution in [3.63, 3.8) is 0 Å². The molecule has 0 aromatic heterocycles. The van der Waals surface area contributed by atoms with Gasteiger partial charge in [-0.3, -0.25) is 4.79 Å². The average Bonchev–Trinajstić information content (AvgIpc) is 2.64. The van der Waals surface area contributed by atoms with E-state index in [9.17, 15) is 14.4 Å². The molecule has 134 valence electrons. The first-order valence-electron chi connectivity index (χ1n) is 8.18. The van der Waals surface area contributed by atoms with Crippen LogP contribution in [0.3, 0.4) is 0 Å². The summed E-state index contributed by atoms with van der Waals surface area (Å²) in [6.07, 6.45) is 1.41. The SMILES string of the molecule is COc1ccc(/C=C(\C#N)C(=O)c2ccccc2F)cc1OCC(C)C. The van der Waals surface area contributed by atoms with Crippen LogP contribution in [0.25, 0.3) is 6.08 Å². The van der Waals surface area contributed by atoms with E-state index in [1.54, 1.807) is 24.3 Å². The smallest absolute Gasteiger partial charge is 0.206 e. The van der Waals surface area contributed by atoms with Crippen molar-refractivity contribution >= 4 is 11.9 Å². The Morgan fingerprint density at radius 2 is 1.96 bits per heavy atom. The van der Waals surface area contributed by atoms with E-state index in [-0.39, 0.29) is 11.1 Å². The molecule has 0 bridgehead atoms. The Balaban J connectivity index is 2.37. The van der Waals surface area contributed by atoms with Gasteiger partial charge < -0.3 is 9.47 Å². The molecule has 2 aromatic rings. The van der Waals surface area contributed by atoms with Crippen LogP contribution in [0.1, 0.15) is 29.8 Å². The lowest BCUT2D eigenvalue weighted by Gasteiger charge is -2.13. The van der Waals surface area contributed by atoms with E-state index in [0.717, 1.165) is 0 Å². The molecule has 0 saturated carbocycles. The fourth-order valence-corrected chi connectivity index (χ4v) is 2.26. The van der Waals surface area contributed by atoms with E-state index >= 15 is 0 Å². The molecule has 0 fully saturated rings. The first-order chi connectivity index (χ1) is 12.5. The molecule has 0 atom stereocenters. The zero-order valence-electron chi connectivity index (χ0n) is 15.0. The van der Waals surface area contributed by atoms with Gasteiger partial charge in [0.15, 0.2) is 11.5 Å². The van der Waals surface area contributed by atoms with E-state index in [0.29, 0.717) is 29.6 Å². The lowest BCUT2D eigenvalue weighted by Crippen LogP contribution is -2.06. The average molecular weight is 353 g/mol. The molecule has 0 saturated heterocycles. The molecule has 0 aliphatic rings. The quantitative estimate of drug-likeness (QED) is 0.413. The molecule has 0 heterocycles. The number of hydrogen-bond donors (Lipinski definition) is 0. The lowest BCUT2D eigenvalue weighted by atomic mass is 10.0. The normalized spacial score (nSPS) is 11.2. The number of allylic oxidation sites excluding steroid dienone is 1. The maximum absolute atomic E-state index is 13.8. The molecular weight excluding hydrogens is 333 g/mol. The number of ketones is 1. The van der Waals surface area contributed by atoms with Crippen molar-refractivity contribution in [3.05, 3.63) is 65.0 Å². The molecule has 0 aliphatic heterocycles. The Morgan fingerprint density at radius 3 is 2.58 bits per heavy atom. The van der Waals surface area contributed by atoms with Gasteiger partial charge in [0.05, 0.1) is 19.3 Å². The third-order valence-corrected chi connectivity index (χ3v) is 3.55. The number of benzene rings is 2. The highest BCUT2D eigenvalue weighted by Crippen LogP contribution is 2.29. The number of carbonyl (C=O) groups excluding carboxylic acids is 1. The van der Waals surface area contributed by atoms with Crippen molar-refractivity contribution in [2.45, 2.75) is 13.8 Å². The van der Waals surface area contributed by atoms with E-state index in [4.69, 9.17) is 9.47 Å². The van der Waals surface area contributed by atoms with E-state index in [1.807, 2.05) is 19.9 Å². The molecule has 2 rings (SSSR count). The van der Waals surface area contributed by atoms with Crippen LogP contribution in [-0.2, 0) is 0 Å². The Bertz CT molecular complexity index is 866. The molecule has 2 aromatic carbocycles. The van der Waals surface area contributed by atoms with Gasteiger partial charge in [-0.05, 0) is 41.8 Å². The van der Waals surface area contributed by atoms with Crippen LogP contribution < -0.4 is 9.47 Å². The van der Waals surface area contributed by atoms with E-state index in [2.05, 4.69) is 0 Å². The Labute approximate surface area is 152 Å². The second-order valence-corrected chi connectivity index (χ2v) is 6.09. The first kappa shape index (κ1) is 19.2. The Hall–Kier alpha value is -3.13. The number of ether oxygens (including phenoxy) is 2. The van der Waals surface area contributed by atoms with Gasteiger partial charge in [0, 0.05) is 0 Å². The van der Waals surface area contributed by atoms with Gasteiger partial charge in [-0.1, -0.05) is 32.0 Å². The predicted octanol–water partition coefficient (Wildman–Crippen LogP) is 4.66. The molecule has 0 N–H and O–H groups in total. The monoisotopic (exact) mass is 353 g/mol. The van der Waals surface area contributed by atoms with Gasteiger partial charge in [-0.15, -0.1) is 0 Å². The maximum atomic E-state index is 13.8. The number of methoxy groups -OCH3 is 1. The van der Waals surface area contributed by atoms with Gasteiger partial charge in [0.1, 0.15) is 17.5 Å². The molecule has 0 aliphatic carbocycles. The summed E-state index contributed by atoms with van der Waals surface area (Å²) in [5, 5.41) is 9.34. The number of nitrogens with zero attached hydrogens (tertiary/aromatic N) is 1. The second kappa shape index (κ2) is 8.82. The summed E-state index contributed by atoms with van der Waals surface area (Å²) in [6, 6.07) is 12.5. The number of rotatable bonds is 7. The number of halogens is 1. The van der Waals surface area contributed by atoms with Crippen LogP contribution in [-0.4, -0.2) is 19.5 Å². The number of nitriles is 1. The number of hydrogen-bond acceptors (Lipinski definition) is 4. The first-order valence-corrected chi connectivity index (χ1v) is 8.18. The van der Waals surface area contributed by atoms with Crippen molar-refractivity contribution in [2.75, 3.05) is 13.7 Å². The molecule has 4 nitrogen and oxygen atoms in total. The molecule has 0 radical (unpaired) electrons. The number of Topliss-reactive ketones (excluding diaryl/α,β-unsaturated/α-hetero) is 1. The fourth-order valence-electron chi connectivity index (χ4n) is 2.26. The van der Waals surface area contributed by atoms with Crippen molar-refractivity contribution in [1.29, 1.82) is 5.26 Å². The molecule has 26 heavy (non-hydrogen) atoms. The molecule has 0 unspecified atom stereocenters. The topological polar surface area (TPSA) is 59.3 Å². The minimum absolute atomic E-state index is 0.134. The Kier molecular flexibility index (Phi) is 6.51. The molecule has 0 spiro atoms. The minimum atomic E-state index is -0.661. The summed E-state index contributed by atoms with van der Waals surface area (Å²) in [5.74, 6) is 0.0870. The number of carbonyl (C=O) groups is 1. The van der Waals surface area contributed by atoms with E-state index < -0.39 is 11.6 Å². The van der Waals surface area contributed by atoms with Gasteiger partial charge in [0.25, 0.3) is 0 Å². The predicted molar refractivity (Wildman–Crippen MR) is 97.6 cm³/mol. The zero-order valence-corrected chi connectivity index (χ0v) is 15.0. The van der Waals surface area contributed by atoms with Crippen LogP contribution >= 0.6 is 0 Å².